The predicted molar refractivity (Wildman–Crippen MR) is 101 cm³/mol. The molecule has 26 heavy (non-hydrogen) atoms. The van der Waals surface area contributed by atoms with E-state index >= 15 is 0 Å². The van der Waals surface area contributed by atoms with Crippen molar-refractivity contribution in [3.8, 4) is 22.6 Å². The summed E-state index contributed by atoms with van der Waals surface area (Å²) in [6.07, 6.45) is 0.499. The molecule has 0 spiro atoms. The quantitative estimate of drug-likeness (QED) is 0.666. The van der Waals surface area contributed by atoms with Crippen molar-refractivity contribution in [2.24, 2.45) is 0 Å². The molecule has 0 saturated carbocycles. The lowest BCUT2D eigenvalue weighted by molar-refractivity contribution is -0.136. The highest BCUT2D eigenvalue weighted by atomic mass is 16.5. The van der Waals surface area contributed by atoms with Gasteiger partial charge in [-0.1, -0.05) is 12.1 Å². The summed E-state index contributed by atoms with van der Waals surface area (Å²) >= 11 is 0. The van der Waals surface area contributed by atoms with E-state index in [1.807, 2.05) is 31.2 Å². The molecule has 0 aliphatic rings. The van der Waals surface area contributed by atoms with Gasteiger partial charge in [0.1, 0.15) is 11.5 Å². The van der Waals surface area contributed by atoms with Crippen molar-refractivity contribution in [1.29, 1.82) is 0 Å². The number of rotatable bonds is 9. The number of nitrogens with two attached hydrogens (primary N) is 1. The van der Waals surface area contributed by atoms with Gasteiger partial charge in [-0.2, -0.15) is 0 Å². The van der Waals surface area contributed by atoms with Crippen LogP contribution < -0.4 is 15.2 Å². The standard InChI is InChI=1S/C20H25NO5/c1-4-26-12-14-10-17(24-2)20(18(11-14)25-3)15-7-5-13(9-16(15)21)6-8-19(22)23/h5,7,9-11H,4,6,8,12,21H2,1-3H3,(H,22,23). The van der Waals surface area contributed by atoms with Crippen LogP contribution in [0.15, 0.2) is 30.3 Å². The van der Waals surface area contributed by atoms with E-state index in [0.717, 1.165) is 22.3 Å². The molecular formula is C20H25NO5. The lowest BCUT2D eigenvalue weighted by Crippen LogP contribution is -2.01. The zero-order chi connectivity index (χ0) is 19.1. The van der Waals surface area contributed by atoms with Gasteiger partial charge in [-0.15, -0.1) is 0 Å². The SMILES string of the molecule is CCOCc1cc(OC)c(-c2ccc(CCC(=O)O)cc2N)c(OC)c1. The number of ether oxygens (including phenoxy) is 3. The van der Waals surface area contributed by atoms with E-state index in [1.54, 1.807) is 20.3 Å². The number of carboxylic acids is 1. The van der Waals surface area contributed by atoms with Gasteiger partial charge in [0.15, 0.2) is 0 Å². The van der Waals surface area contributed by atoms with E-state index < -0.39 is 5.97 Å². The molecule has 6 nitrogen and oxygen atoms in total. The first-order chi connectivity index (χ1) is 12.5. The van der Waals surface area contributed by atoms with Gasteiger partial charge in [-0.3, -0.25) is 4.79 Å². The average molecular weight is 359 g/mol. The van der Waals surface area contributed by atoms with Crippen molar-refractivity contribution < 1.29 is 24.1 Å². The molecule has 2 rings (SSSR count). The summed E-state index contributed by atoms with van der Waals surface area (Å²) in [6, 6.07) is 9.36. The van der Waals surface area contributed by atoms with Crippen molar-refractivity contribution in [3.63, 3.8) is 0 Å². The van der Waals surface area contributed by atoms with E-state index in [0.29, 0.717) is 36.8 Å². The second-order valence-corrected chi connectivity index (χ2v) is 5.83. The molecule has 0 fully saturated rings. The average Bonchev–Trinajstić information content (AvgIpc) is 2.64. The zero-order valence-electron chi connectivity index (χ0n) is 15.4. The molecule has 2 aromatic rings. The number of carboxylic acid groups (broad SMARTS) is 1. The van der Waals surface area contributed by atoms with Crippen LogP contribution in [0.25, 0.3) is 11.1 Å². The van der Waals surface area contributed by atoms with Gasteiger partial charge < -0.3 is 25.1 Å². The lowest BCUT2D eigenvalue weighted by Gasteiger charge is -2.17. The van der Waals surface area contributed by atoms with Gasteiger partial charge in [0.2, 0.25) is 0 Å². The Kier molecular flexibility index (Phi) is 6.86. The van der Waals surface area contributed by atoms with Crippen LogP contribution in [0.2, 0.25) is 0 Å². The fraction of sp³-hybridized carbons (Fsp3) is 0.350. The van der Waals surface area contributed by atoms with Crippen molar-refractivity contribution in [3.05, 3.63) is 41.5 Å². The Balaban J connectivity index is 2.44. The van der Waals surface area contributed by atoms with E-state index in [-0.39, 0.29) is 6.42 Å². The van der Waals surface area contributed by atoms with E-state index in [4.69, 9.17) is 25.1 Å². The summed E-state index contributed by atoms with van der Waals surface area (Å²) in [4.78, 5) is 10.7. The molecule has 0 heterocycles. The number of carbonyl (C=O) groups is 1. The Labute approximate surface area is 153 Å². The number of hydrogen-bond acceptors (Lipinski definition) is 5. The molecule has 0 unspecified atom stereocenters. The van der Waals surface area contributed by atoms with Gasteiger partial charge in [-0.05, 0) is 42.7 Å². The van der Waals surface area contributed by atoms with Gasteiger partial charge >= 0.3 is 5.97 Å². The number of aryl methyl sites for hydroxylation is 1. The van der Waals surface area contributed by atoms with E-state index in [2.05, 4.69) is 0 Å². The predicted octanol–water partition coefficient (Wildman–Crippen LogP) is 3.51. The number of hydrogen-bond donors (Lipinski definition) is 2. The highest BCUT2D eigenvalue weighted by Gasteiger charge is 2.17. The topological polar surface area (TPSA) is 91.0 Å². The van der Waals surface area contributed by atoms with Crippen LogP contribution in [-0.4, -0.2) is 31.9 Å². The van der Waals surface area contributed by atoms with Crippen LogP contribution in [0, 0.1) is 0 Å². The zero-order valence-corrected chi connectivity index (χ0v) is 15.4. The van der Waals surface area contributed by atoms with Gasteiger partial charge in [0.25, 0.3) is 0 Å². The van der Waals surface area contributed by atoms with Crippen molar-refractivity contribution >= 4 is 11.7 Å². The van der Waals surface area contributed by atoms with Crippen LogP contribution in [-0.2, 0) is 22.6 Å². The molecule has 0 atom stereocenters. The number of benzene rings is 2. The van der Waals surface area contributed by atoms with Crippen LogP contribution in [0.3, 0.4) is 0 Å². The molecule has 3 N–H and O–H groups in total. The van der Waals surface area contributed by atoms with Crippen LogP contribution in [0.1, 0.15) is 24.5 Å². The number of aliphatic carboxylic acids is 1. The highest BCUT2D eigenvalue weighted by molar-refractivity contribution is 5.85. The highest BCUT2D eigenvalue weighted by Crippen LogP contribution is 2.42. The third kappa shape index (κ3) is 4.67. The lowest BCUT2D eigenvalue weighted by atomic mass is 9.97. The summed E-state index contributed by atoms with van der Waals surface area (Å²) in [7, 11) is 3.19. The maximum absolute atomic E-state index is 10.7. The first-order valence-corrected chi connectivity index (χ1v) is 8.43. The Morgan fingerprint density at radius 3 is 2.23 bits per heavy atom. The van der Waals surface area contributed by atoms with Crippen LogP contribution in [0.5, 0.6) is 11.5 Å². The minimum atomic E-state index is -0.833. The van der Waals surface area contributed by atoms with Crippen molar-refractivity contribution in [2.45, 2.75) is 26.4 Å². The third-order valence-electron chi connectivity index (χ3n) is 4.05. The molecule has 0 aliphatic heterocycles. The maximum atomic E-state index is 10.7. The maximum Gasteiger partial charge on any atom is 0.303 e. The Hall–Kier alpha value is -2.73. The molecule has 0 bridgehead atoms. The Morgan fingerprint density at radius 1 is 1.08 bits per heavy atom. The molecule has 0 radical (unpaired) electrons. The normalized spacial score (nSPS) is 10.6. The van der Waals surface area contributed by atoms with Crippen LogP contribution >= 0.6 is 0 Å². The molecule has 0 amide bonds. The summed E-state index contributed by atoms with van der Waals surface area (Å²) in [5.41, 5.74) is 10.1. The largest absolute Gasteiger partial charge is 0.496 e. The monoisotopic (exact) mass is 359 g/mol. The second-order valence-electron chi connectivity index (χ2n) is 5.83. The van der Waals surface area contributed by atoms with E-state index in [1.165, 1.54) is 0 Å². The summed E-state index contributed by atoms with van der Waals surface area (Å²) in [5.74, 6) is 0.453. The number of methoxy groups -OCH3 is 2. The minimum Gasteiger partial charge on any atom is -0.496 e. The number of anilines is 1. The molecule has 140 valence electrons. The summed E-state index contributed by atoms with van der Waals surface area (Å²) in [5, 5.41) is 8.83. The van der Waals surface area contributed by atoms with Crippen molar-refractivity contribution in [1.82, 2.24) is 0 Å². The summed E-state index contributed by atoms with van der Waals surface area (Å²) < 4.78 is 16.6. The molecule has 6 heteroatoms. The third-order valence-corrected chi connectivity index (χ3v) is 4.05. The van der Waals surface area contributed by atoms with Crippen LogP contribution in [0.4, 0.5) is 5.69 Å². The first-order valence-electron chi connectivity index (χ1n) is 8.43. The van der Waals surface area contributed by atoms with Gasteiger partial charge in [0, 0.05) is 24.3 Å². The minimum absolute atomic E-state index is 0.0670. The fourth-order valence-corrected chi connectivity index (χ4v) is 2.78. The van der Waals surface area contributed by atoms with Gasteiger partial charge in [-0.25, -0.2) is 0 Å². The second kappa shape index (κ2) is 9.10. The summed E-state index contributed by atoms with van der Waals surface area (Å²) in [6.45, 7) is 3.03. The van der Waals surface area contributed by atoms with Gasteiger partial charge in [0.05, 0.1) is 26.4 Å². The molecule has 0 aromatic heterocycles. The van der Waals surface area contributed by atoms with Crippen molar-refractivity contribution in [2.75, 3.05) is 26.6 Å². The molecular weight excluding hydrogens is 334 g/mol. The molecule has 0 saturated heterocycles. The smallest absolute Gasteiger partial charge is 0.303 e. The first kappa shape index (κ1) is 19.6. The Morgan fingerprint density at radius 2 is 1.73 bits per heavy atom. The number of nitrogen functional groups attached to an aromatic ring is 1. The Bertz CT molecular complexity index is 748. The molecule has 2 aromatic carbocycles. The fourth-order valence-electron chi connectivity index (χ4n) is 2.78. The molecule has 0 aliphatic carbocycles. The van der Waals surface area contributed by atoms with E-state index in [9.17, 15) is 4.79 Å².